The smallest absolute Gasteiger partial charge is 0.373 e. The number of esters is 1. The molecule has 1 saturated heterocycles. The number of hydrogen-bond acceptors (Lipinski definition) is 13. The van der Waals surface area contributed by atoms with Crippen LogP contribution in [0.1, 0.15) is 111 Å². The molecule has 5 fully saturated rings. The third-order valence-corrected chi connectivity index (χ3v) is 34.0. The highest BCUT2D eigenvalue weighted by Gasteiger charge is 2.59. The number of fused-ring (bicyclic) bond motifs is 4. The average Bonchev–Trinajstić information content (AvgIpc) is 4.02. The highest BCUT2D eigenvalue weighted by Crippen LogP contribution is 2.60. The van der Waals surface area contributed by atoms with Crippen LogP contribution in [-0.2, 0) is 154 Å². The summed E-state index contributed by atoms with van der Waals surface area (Å²) in [6.07, 6.45) is 16.4. The minimum absolute atomic E-state index is 0. The SMILES string of the molecule is C.C[C@@H]1C[C@H](C)C(=O)[C@@H]2[C@@H](/C=C/c3ccoc3)[C@H](C(=O)O)CC[C@@]12C.C[C@@H]1C[C@H](C)C(=O)[C@@H]2[C@H]3C[C@@H](c4ccoc4)OC(=O)[C@@H]3CC[C@@]12C.O=C=O.O=C=O.S=S=S=S=S=S=S=S=S=S=S=S. The predicted molar refractivity (Wildman–Crippen MR) is 284 cm³/mol. The fraction of sp³-hybridized carbons (Fsp3) is 0.628. The fourth-order valence-corrected chi connectivity index (χ4v) is 32.6. The van der Waals surface area contributed by atoms with Crippen LogP contribution in [0, 0.1) is 70.0 Å². The Bertz CT molecular complexity index is 2500. The van der Waals surface area contributed by atoms with Gasteiger partial charge in [-0.3, -0.25) is 19.2 Å². The lowest BCUT2D eigenvalue weighted by Crippen LogP contribution is -2.56. The van der Waals surface area contributed by atoms with Crippen molar-refractivity contribution in [3.63, 3.8) is 0 Å². The first kappa shape index (κ1) is 61.1. The van der Waals surface area contributed by atoms with Crippen molar-refractivity contribution in [1.29, 1.82) is 0 Å². The second-order valence-corrected chi connectivity index (χ2v) is 34.9. The number of Topliss-reactive ketones (excluding diaryl/α,β-unsaturated/α-hetero) is 2. The van der Waals surface area contributed by atoms with Gasteiger partial charge in [-0.05, 0) is 85.7 Å². The van der Waals surface area contributed by atoms with Crippen molar-refractivity contribution in [2.24, 2.45) is 70.0 Å². The molecule has 5 aliphatic rings. The maximum Gasteiger partial charge on any atom is 0.373 e. The van der Waals surface area contributed by atoms with Gasteiger partial charge in [-0.15, -0.1) is 0 Å². The highest BCUT2D eigenvalue weighted by atomic mass is 33.4. The van der Waals surface area contributed by atoms with Crippen molar-refractivity contribution in [3.05, 3.63) is 54.4 Å². The van der Waals surface area contributed by atoms with E-state index in [0.717, 1.165) is 49.7 Å². The number of rotatable bonds is 4. The number of aliphatic carboxylic acids is 1. The number of ether oxygens (including phenoxy) is 1. The summed E-state index contributed by atoms with van der Waals surface area (Å²) >= 11 is 9.38. The van der Waals surface area contributed by atoms with Crippen molar-refractivity contribution < 1.29 is 57.0 Å². The molecule has 0 amide bonds. The van der Waals surface area contributed by atoms with Gasteiger partial charge in [0.2, 0.25) is 0 Å². The van der Waals surface area contributed by atoms with E-state index < -0.39 is 11.9 Å². The quantitative estimate of drug-likeness (QED) is 0.291. The van der Waals surface area contributed by atoms with Gasteiger partial charge in [0.05, 0.1) is 36.9 Å². The van der Waals surface area contributed by atoms with Gasteiger partial charge in [-0.2, -0.15) is 19.2 Å². The number of carboxylic acid groups (broad SMARTS) is 1. The molecule has 3 heterocycles. The van der Waals surface area contributed by atoms with Gasteiger partial charge in [0, 0.05) is 152 Å². The number of carbonyl (C=O) groups is 4. The number of allylic oxidation sites excluding steroid dienone is 1. The molecule has 2 aromatic heterocycles. The van der Waals surface area contributed by atoms with Crippen LogP contribution >= 0.6 is 0 Å². The third-order valence-electron chi connectivity index (χ3n) is 14.0. The normalized spacial score (nSPS) is 32.0. The Morgan fingerprint density at radius 3 is 1.69 bits per heavy atom. The van der Waals surface area contributed by atoms with Crippen LogP contribution in [-0.4, -0.2) is 40.9 Å². The van der Waals surface area contributed by atoms with Crippen molar-refractivity contribution in [2.75, 3.05) is 0 Å². The summed E-state index contributed by atoms with van der Waals surface area (Å²) in [4.78, 5) is 83.0. The molecule has 2 aromatic rings. The first-order valence-electron chi connectivity index (χ1n) is 20.6. The van der Waals surface area contributed by atoms with Crippen LogP contribution in [0.4, 0.5) is 0 Å². The van der Waals surface area contributed by atoms with E-state index in [2.05, 4.69) is 57.0 Å². The second kappa shape index (κ2) is 30.7. The molecule has 1 N–H and O–H groups in total. The van der Waals surface area contributed by atoms with Gasteiger partial charge in [0.1, 0.15) is 17.7 Å². The van der Waals surface area contributed by atoms with E-state index in [1.54, 1.807) is 96.1 Å². The minimum Gasteiger partial charge on any atom is -0.481 e. The summed E-state index contributed by atoms with van der Waals surface area (Å²) in [5.41, 5.74) is 1.71. The van der Waals surface area contributed by atoms with Gasteiger partial charge in [0.25, 0.3) is 0 Å². The van der Waals surface area contributed by atoms with Gasteiger partial charge >= 0.3 is 24.2 Å². The van der Waals surface area contributed by atoms with Crippen molar-refractivity contribution in [2.45, 2.75) is 100 Å². The summed E-state index contributed by atoms with van der Waals surface area (Å²) in [5.74, 6) is -0.262. The summed E-state index contributed by atoms with van der Waals surface area (Å²) in [7, 11) is 16.3. The molecule has 67 heavy (non-hydrogen) atoms. The summed E-state index contributed by atoms with van der Waals surface area (Å²) < 4.78 is 15.9. The molecule has 7 rings (SSSR count). The maximum absolute atomic E-state index is 13.1. The largest absolute Gasteiger partial charge is 0.481 e. The van der Waals surface area contributed by atoms with Gasteiger partial charge in [-0.25, -0.2) is 0 Å². The number of carbonyl (C=O) groups excluding carboxylic acids is 7. The number of furan rings is 2. The van der Waals surface area contributed by atoms with Crippen LogP contribution in [0.25, 0.3) is 6.08 Å². The molecule has 1 aliphatic heterocycles. The maximum atomic E-state index is 13.1. The molecule has 0 bridgehead atoms. The Morgan fingerprint density at radius 2 is 1.21 bits per heavy atom. The molecule has 0 unspecified atom stereocenters. The number of hydrogen-bond donors (Lipinski definition) is 1. The Balaban J connectivity index is 0.000000339. The minimum atomic E-state index is -0.794. The van der Waals surface area contributed by atoms with Crippen LogP contribution in [0.3, 0.4) is 0 Å². The molecular weight excluding hydrogens is 1090 g/mol. The first-order valence-corrected chi connectivity index (χ1v) is 35.3. The number of ketones is 2. The van der Waals surface area contributed by atoms with Gasteiger partial charge in [0.15, 0.2) is 0 Å². The summed E-state index contributed by atoms with van der Waals surface area (Å²) in [5, 5.41) is 9.69. The van der Waals surface area contributed by atoms with E-state index in [1.807, 2.05) is 31.2 Å². The third kappa shape index (κ3) is 16.5. The lowest BCUT2D eigenvalue weighted by molar-refractivity contribution is -0.193. The van der Waals surface area contributed by atoms with E-state index in [1.165, 1.54) is 17.8 Å². The van der Waals surface area contributed by atoms with Gasteiger partial charge in [-0.1, -0.05) is 61.1 Å². The van der Waals surface area contributed by atoms with E-state index in [9.17, 15) is 24.3 Å². The molecule has 0 radical (unpaired) electrons. The predicted octanol–water partition coefficient (Wildman–Crippen LogP) is 7.87. The monoisotopic (exact) mass is 1150 g/mol. The zero-order valence-corrected chi connectivity index (χ0v) is 46.6. The van der Waals surface area contributed by atoms with Crippen molar-refractivity contribution in [1.82, 2.24) is 0 Å². The summed E-state index contributed by atoms with van der Waals surface area (Å²) in [6, 6.07) is 3.69. The molecular formula is C43H56O12S12. The molecule has 4 aliphatic carbocycles. The van der Waals surface area contributed by atoms with E-state index >= 15 is 0 Å². The van der Waals surface area contributed by atoms with Crippen LogP contribution in [0.15, 0.2) is 52.1 Å². The standard InChI is InChI=1S/2C20H26O4.2CO2.CH4.S12/c1-11-8-12(2)20(3)6-4-14-15(17(20)18(11)21)9-16(24-19(14)22)13-5-7-23-10-13;1-12-10-13(2)20(3)8-6-16(19(22)23)15(17(20)18(12)21)5-4-14-7-9-24-11-14;2*2-1-3;;1-3-5-7-9-11-12-10-8-6-4-2/h5,7,10-12,14-17H,4,6,8-9H2,1-3H3;4-5,7,9,11-13,15-17H,6,8,10H2,1-3H3,(H,22,23);;;1H4;/b;5-4+;;;;/t11-,12+,14+,15-,16-,17-,20-;12-,13+,15-,16+,17-,20-;;;;/m00..../s1. The molecule has 4 saturated carbocycles. The zero-order valence-electron chi connectivity index (χ0n) is 36.8. The lowest BCUT2D eigenvalue weighted by Gasteiger charge is -2.56. The topological polar surface area (TPSA) is 192 Å². The molecule has 0 aromatic carbocycles. The average molecular weight is 1150 g/mol. The molecule has 24 heteroatoms. The second-order valence-electron chi connectivity index (χ2n) is 17.2. The fourth-order valence-electron chi connectivity index (χ4n) is 10.6. The van der Waals surface area contributed by atoms with Crippen molar-refractivity contribution >= 4 is 153 Å². The number of carboxylic acids is 1. The van der Waals surface area contributed by atoms with E-state index in [0.29, 0.717) is 24.0 Å². The molecule has 13 atom stereocenters. The van der Waals surface area contributed by atoms with Gasteiger partial charge < -0.3 is 18.7 Å². The molecule has 372 valence electrons. The van der Waals surface area contributed by atoms with Crippen LogP contribution in [0.2, 0.25) is 0 Å². The highest BCUT2D eigenvalue weighted by molar-refractivity contribution is 8.75. The molecule has 12 nitrogen and oxygen atoms in total. The molecule has 0 spiro atoms. The zero-order chi connectivity index (χ0) is 49.0. The Morgan fingerprint density at radius 1 is 0.731 bits per heavy atom. The Kier molecular flexibility index (Phi) is 28.0. The lowest BCUT2D eigenvalue weighted by atomic mass is 9.47. The Labute approximate surface area is 430 Å². The first-order chi connectivity index (χ1) is 31.5. The van der Waals surface area contributed by atoms with Crippen molar-refractivity contribution in [3.8, 4) is 0 Å². The summed E-state index contributed by atoms with van der Waals surface area (Å²) in [6.45, 7) is 13.0. The number of cyclic esters (lactones) is 1. The van der Waals surface area contributed by atoms with Crippen LogP contribution < -0.4 is 0 Å². The van der Waals surface area contributed by atoms with E-state index in [4.69, 9.17) is 32.7 Å². The van der Waals surface area contributed by atoms with Crippen LogP contribution in [0.5, 0.6) is 0 Å². The van der Waals surface area contributed by atoms with E-state index in [-0.39, 0.29) is 89.8 Å². The Hall–Kier alpha value is -2.02.